The summed E-state index contributed by atoms with van der Waals surface area (Å²) < 4.78 is 10.3. The fourth-order valence-corrected chi connectivity index (χ4v) is 2.46. The fraction of sp³-hybridized carbons (Fsp3) is 0.381. The number of hydrogen-bond donors (Lipinski definition) is 1. The molecule has 0 aliphatic heterocycles. The van der Waals surface area contributed by atoms with Gasteiger partial charge in [0.2, 0.25) is 0 Å². The second-order valence-corrected chi connectivity index (χ2v) is 5.55. The van der Waals surface area contributed by atoms with E-state index in [0.29, 0.717) is 11.1 Å². The van der Waals surface area contributed by atoms with Crippen molar-refractivity contribution in [2.24, 2.45) is 0 Å². The van der Waals surface area contributed by atoms with Gasteiger partial charge < -0.3 is 14.6 Å². The van der Waals surface area contributed by atoms with Crippen LogP contribution in [0.25, 0.3) is 5.57 Å². The minimum atomic E-state index is -0.810. The molecule has 1 unspecified atom stereocenters. The van der Waals surface area contributed by atoms with Gasteiger partial charge in [0, 0.05) is 25.5 Å². The van der Waals surface area contributed by atoms with Crippen LogP contribution in [0.15, 0.2) is 35.9 Å². The van der Waals surface area contributed by atoms with Crippen molar-refractivity contribution in [3.8, 4) is 23.7 Å². The standard InChI is InChI=1S/C21H22O4/c1-24-16-21(23)25-20-14-10-5-3-2-4-9-13-18(20)19(15-22)17-11-7-6-8-12-17/h6-8,11-12,20,22H,2-5,15-16H2,1H3/b19-18+. The number of aliphatic hydroxyl groups excluding tert-OH is 1. The van der Waals surface area contributed by atoms with Crippen LogP contribution < -0.4 is 0 Å². The largest absolute Gasteiger partial charge is 0.442 e. The van der Waals surface area contributed by atoms with Gasteiger partial charge in [-0.1, -0.05) is 54.0 Å². The fourth-order valence-electron chi connectivity index (χ4n) is 2.46. The van der Waals surface area contributed by atoms with Gasteiger partial charge in [-0.15, -0.1) is 0 Å². The maximum absolute atomic E-state index is 11.9. The first-order valence-corrected chi connectivity index (χ1v) is 8.31. The Morgan fingerprint density at radius 1 is 1.20 bits per heavy atom. The molecule has 1 aromatic carbocycles. The molecule has 0 amide bonds. The molecule has 0 bridgehead atoms. The molecular weight excluding hydrogens is 316 g/mol. The van der Waals surface area contributed by atoms with Crippen molar-refractivity contribution in [1.82, 2.24) is 0 Å². The summed E-state index contributed by atoms with van der Waals surface area (Å²) in [6.45, 7) is -0.368. The Bertz CT molecular complexity index is 726. The van der Waals surface area contributed by atoms with E-state index in [1.807, 2.05) is 30.3 Å². The molecule has 1 aliphatic rings. The van der Waals surface area contributed by atoms with Crippen molar-refractivity contribution >= 4 is 11.5 Å². The highest BCUT2D eigenvalue weighted by molar-refractivity contribution is 5.77. The van der Waals surface area contributed by atoms with E-state index in [2.05, 4.69) is 23.7 Å². The number of carbonyl (C=O) groups is 1. The summed E-state index contributed by atoms with van der Waals surface area (Å²) in [5.74, 6) is 11.7. The Labute approximate surface area is 148 Å². The van der Waals surface area contributed by atoms with Crippen LogP contribution in [0.4, 0.5) is 0 Å². The van der Waals surface area contributed by atoms with Crippen LogP contribution in [0.3, 0.4) is 0 Å². The molecule has 0 fully saturated rings. The Morgan fingerprint density at radius 2 is 1.92 bits per heavy atom. The van der Waals surface area contributed by atoms with Gasteiger partial charge in [0.15, 0.2) is 6.10 Å². The summed E-state index contributed by atoms with van der Waals surface area (Å²) in [5, 5.41) is 9.94. The van der Waals surface area contributed by atoms with Gasteiger partial charge in [0.05, 0.1) is 12.2 Å². The zero-order chi connectivity index (χ0) is 17.9. The zero-order valence-corrected chi connectivity index (χ0v) is 14.4. The van der Waals surface area contributed by atoms with E-state index in [-0.39, 0.29) is 13.2 Å². The molecule has 0 saturated carbocycles. The van der Waals surface area contributed by atoms with E-state index in [0.717, 1.165) is 31.2 Å². The molecule has 25 heavy (non-hydrogen) atoms. The molecule has 130 valence electrons. The van der Waals surface area contributed by atoms with Crippen molar-refractivity contribution in [3.63, 3.8) is 0 Å². The molecule has 0 heterocycles. The molecule has 4 heteroatoms. The molecule has 1 aromatic rings. The lowest BCUT2D eigenvalue weighted by molar-refractivity contribution is -0.149. The monoisotopic (exact) mass is 338 g/mol. The van der Waals surface area contributed by atoms with Crippen molar-refractivity contribution in [2.75, 3.05) is 20.3 Å². The number of carbonyl (C=O) groups excluding carboxylic acids is 1. The maximum Gasteiger partial charge on any atom is 0.333 e. The Kier molecular flexibility index (Phi) is 7.79. The molecule has 0 aromatic heterocycles. The van der Waals surface area contributed by atoms with E-state index in [1.165, 1.54) is 7.11 Å². The molecule has 4 nitrogen and oxygen atoms in total. The lowest BCUT2D eigenvalue weighted by Crippen LogP contribution is -2.23. The lowest BCUT2D eigenvalue weighted by Gasteiger charge is -2.17. The third-order valence-electron chi connectivity index (χ3n) is 3.69. The highest BCUT2D eigenvalue weighted by Gasteiger charge is 2.20. The van der Waals surface area contributed by atoms with Crippen LogP contribution in [0.1, 0.15) is 31.2 Å². The maximum atomic E-state index is 11.9. The van der Waals surface area contributed by atoms with E-state index in [1.54, 1.807) is 0 Å². The van der Waals surface area contributed by atoms with Gasteiger partial charge in [0.1, 0.15) is 6.61 Å². The molecule has 0 spiro atoms. The lowest BCUT2D eigenvalue weighted by atomic mass is 9.96. The van der Waals surface area contributed by atoms with E-state index in [9.17, 15) is 9.90 Å². The second kappa shape index (κ2) is 10.4. The average Bonchev–Trinajstić information content (AvgIpc) is 2.63. The molecule has 0 saturated heterocycles. The quantitative estimate of drug-likeness (QED) is 0.662. The summed E-state index contributed by atoms with van der Waals surface area (Å²) in [5.41, 5.74) is 1.99. The van der Waals surface area contributed by atoms with Crippen molar-refractivity contribution in [1.29, 1.82) is 0 Å². The third kappa shape index (κ3) is 5.80. The minimum absolute atomic E-state index is 0.154. The number of esters is 1. The zero-order valence-electron chi connectivity index (χ0n) is 14.4. The first-order valence-electron chi connectivity index (χ1n) is 8.31. The van der Waals surface area contributed by atoms with Gasteiger partial charge in [0.25, 0.3) is 0 Å². The molecule has 1 aliphatic carbocycles. The summed E-state index contributed by atoms with van der Waals surface area (Å²) >= 11 is 0. The first kappa shape index (κ1) is 18.8. The Hall–Kier alpha value is -2.53. The van der Waals surface area contributed by atoms with Gasteiger partial charge in [-0.05, 0) is 18.4 Å². The summed E-state index contributed by atoms with van der Waals surface area (Å²) in [4.78, 5) is 11.9. The van der Waals surface area contributed by atoms with Crippen LogP contribution >= 0.6 is 0 Å². The van der Waals surface area contributed by atoms with Crippen LogP contribution in [-0.4, -0.2) is 37.5 Å². The highest BCUT2D eigenvalue weighted by Crippen LogP contribution is 2.22. The Balaban J connectivity index is 2.49. The van der Waals surface area contributed by atoms with Crippen molar-refractivity contribution in [2.45, 2.75) is 31.8 Å². The molecule has 2 rings (SSSR count). The number of benzene rings is 1. The Morgan fingerprint density at radius 3 is 2.60 bits per heavy atom. The van der Waals surface area contributed by atoms with Crippen LogP contribution in [0, 0.1) is 23.7 Å². The van der Waals surface area contributed by atoms with Crippen molar-refractivity contribution < 1.29 is 19.4 Å². The van der Waals surface area contributed by atoms with E-state index in [4.69, 9.17) is 9.47 Å². The van der Waals surface area contributed by atoms with Crippen LogP contribution in [0.5, 0.6) is 0 Å². The SMILES string of the molecule is COCC(=O)OC1C#CCCCCC#C/C1=C(/CO)c1ccccc1. The first-order chi connectivity index (χ1) is 12.3. The number of hydrogen-bond acceptors (Lipinski definition) is 4. The predicted octanol–water partition coefficient (Wildman–Crippen LogP) is 2.57. The molecule has 1 N–H and O–H groups in total. The molecule has 1 atom stereocenters. The smallest absolute Gasteiger partial charge is 0.333 e. The second-order valence-electron chi connectivity index (χ2n) is 5.55. The number of ether oxygens (including phenoxy) is 2. The number of rotatable bonds is 5. The highest BCUT2D eigenvalue weighted by atomic mass is 16.6. The number of aliphatic hydroxyl groups is 1. The summed E-state index contributed by atoms with van der Waals surface area (Å²) in [7, 11) is 1.43. The average molecular weight is 338 g/mol. The van der Waals surface area contributed by atoms with Crippen LogP contribution in [-0.2, 0) is 14.3 Å². The van der Waals surface area contributed by atoms with Crippen LogP contribution in [0.2, 0.25) is 0 Å². The van der Waals surface area contributed by atoms with Crippen molar-refractivity contribution in [3.05, 3.63) is 41.5 Å². The number of methoxy groups -OCH3 is 1. The normalized spacial score (nSPS) is 18.9. The third-order valence-corrected chi connectivity index (χ3v) is 3.69. The van der Waals surface area contributed by atoms with Gasteiger partial charge in [-0.3, -0.25) is 0 Å². The molecule has 0 radical (unpaired) electrons. The predicted molar refractivity (Wildman–Crippen MR) is 96.2 cm³/mol. The minimum Gasteiger partial charge on any atom is -0.442 e. The van der Waals surface area contributed by atoms with E-state index < -0.39 is 12.1 Å². The summed E-state index contributed by atoms with van der Waals surface area (Å²) in [6.07, 6.45) is 2.61. The molecular formula is C21H22O4. The summed E-state index contributed by atoms with van der Waals surface area (Å²) in [6, 6.07) is 9.45. The van der Waals surface area contributed by atoms with Gasteiger partial charge >= 0.3 is 5.97 Å². The van der Waals surface area contributed by atoms with Gasteiger partial charge in [-0.2, -0.15) is 0 Å². The van der Waals surface area contributed by atoms with Gasteiger partial charge in [-0.25, -0.2) is 4.79 Å². The topological polar surface area (TPSA) is 55.8 Å². The van der Waals surface area contributed by atoms with E-state index >= 15 is 0 Å².